The second-order valence-electron chi connectivity index (χ2n) is 8.35. The molecule has 2 saturated heterocycles. The molecule has 0 bridgehead atoms. The third-order valence-corrected chi connectivity index (χ3v) is 6.75. The number of amides is 1. The van der Waals surface area contributed by atoms with E-state index in [0.29, 0.717) is 11.1 Å². The Balaban J connectivity index is 1.44. The second kappa shape index (κ2) is 8.37. The van der Waals surface area contributed by atoms with Crippen LogP contribution in [0.3, 0.4) is 0 Å². The van der Waals surface area contributed by atoms with E-state index in [-0.39, 0.29) is 5.91 Å². The molecule has 0 atom stereocenters. The number of fused-ring (bicyclic) bond motifs is 1. The third-order valence-electron chi connectivity index (χ3n) is 6.50. The number of carbonyl (C=O) groups excluding carboxylic acids is 1. The highest BCUT2D eigenvalue weighted by molar-refractivity contribution is 6.30. The molecule has 2 fully saturated rings. The lowest BCUT2D eigenvalue weighted by Gasteiger charge is -2.36. The highest BCUT2D eigenvalue weighted by Crippen LogP contribution is 2.28. The maximum absolute atomic E-state index is 13.5. The van der Waals surface area contributed by atoms with Crippen LogP contribution in [0, 0.1) is 0 Å². The van der Waals surface area contributed by atoms with Gasteiger partial charge < -0.3 is 9.80 Å². The van der Waals surface area contributed by atoms with Gasteiger partial charge in [0, 0.05) is 35.1 Å². The van der Waals surface area contributed by atoms with Crippen molar-refractivity contribution in [3.8, 4) is 11.3 Å². The molecule has 1 amide bonds. The number of pyridine rings is 1. The fourth-order valence-electron chi connectivity index (χ4n) is 4.83. The van der Waals surface area contributed by atoms with Gasteiger partial charge in [-0.2, -0.15) is 0 Å². The first-order valence-electron chi connectivity index (χ1n) is 10.9. The summed E-state index contributed by atoms with van der Waals surface area (Å²) in [5, 5.41) is 1.61. The van der Waals surface area contributed by atoms with E-state index in [0.717, 1.165) is 53.7 Å². The number of piperidine rings is 1. The number of carbonyl (C=O) groups is 1. The Labute approximate surface area is 182 Å². The van der Waals surface area contributed by atoms with Crippen LogP contribution in [-0.2, 0) is 0 Å². The highest BCUT2D eigenvalue weighted by atomic mass is 35.5. The van der Waals surface area contributed by atoms with Gasteiger partial charge >= 0.3 is 0 Å². The van der Waals surface area contributed by atoms with Gasteiger partial charge in [-0.1, -0.05) is 41.9 Å². The van der Waals surface area contributed by atoms with Gasteiger partial charge in [-0.3, -0.25) is 4.79 Å². The second-order valence-corrected chi connectivity index (χ2v) is 8.78. The Morgan fingerprint density at radius 3 is 2.37 bits per heavy atom. The molecule has 154 valence electrons. The summed E-state index contributed by atoms with van der Waals surface area (Å²) in [5.74, 6) is 0.115. The van der Waals surface area contributed by atoms with Crippen molar-refractivity contribution >= 4 is 28.4 Å². The molecule has 0 aliphatic carbocycles. The van der Waals surface area contributed by atoms with Crippen LogP contribution in [0.2, 0.25) is 5.02 Å². The molecule has 30 heavy (non-hydrogen) atoms. The molecule has 2 aromatic carbocycles. The lowest BCUT2D eigenvalue weighted by Crippen LogP contribution is -2.46. The number of halogens is 1. The SMILES string of the molecule is O=C(c1cc(-c2ccc(Cl)cc2)nc2ccccc12)N1CCC(N2CCCC2)CC1. The Morgan fingerprint density at radius 2 is 1.63 bits per heavy atom. The molecular formula is C25H26ClN3O. The molecule has 3 aromatic rings. The standard InChI is InChI=1S/C25H26ClN3O/c26-19-9-7-18(8-10-19)24-17-22(21-5-1-2-6-23(21)27-24)25(30)29-15-11-20(12-16-29)28-13-3-4-14-28/h1-2,5-10,17,20H,3-4,11-16H2. The third kappa shape index (κ3) is 3.82. The van der Waals surface area contributed by atoms with Crippen LogP contribution in [-0.4, -0.2) is 52.9 Å². The number of rotatable bonds is 3. The molecule has 0 saturated carbocycles. The summed E-state index contributed by atoms with van der Waals surface area (Å²) in [6.45, 7) is 4.09. The first-order chi connectivity index (χ1) is 14.7. The largest absolute Gasteiger partial charge is 0.339 e. The van der Waals surface area contributed by atoms with Gasteiger partial charge in [-0.25, -0.2) is 4.98 Å². The average molecular weight is 420 g/mol. The number of hydrogen-bond acceptors (Lipinski definition) is 3. The molecule has 5 rings (SSSR count). The van der Waals surface area contributed by atoms with Crippen LogP contribution < -0.4 is 0 Å². The zero-order valence-electron chi connectivity index (χ0n) is 17.1. The number of aromatic nitrogens is 1. The fourth-order valence-corrected chi connectivity index (χ4v) is 4.96. The van der Waals surface area contributed by atoms with Crippen molar-refractivity contribution in [2.45, 2.75) is 31.7 Å². The van der Waals surface area contributed by atoms with Crippen molar-refractivity contribution in [1.29, 1.82) is 0 Å². The quantitative estimate of drug-likeness (QED) is 0.581. The van der Waals surface area contributed by atoms with Crippen LogP contribution in [0.1, 0.15) is 36.0 Å². The molecule has 2 aliphatic heterocycles. The summed E-state index contributed by atoms with van der Waals surface area (Å²) in [4.78, 5) is 23.0. The molecule has 2 aliphatic rings. The summed E-state index contributed by atoms with van der Waals surface area (Å²) < 4.78 is 0. The lowest BCUT2D eigenvalue weighted by atomic mass is 10.00. The monoisotopic (exact) mass is 419 g/mol. The van der Waals surface area contributed by atoms with E-state index in [1.54, 1.807) is 0 Å². The normalized spacial score (nSPS) is 18.2. The highest BCUT2D eigenvalue weighted by Gasteiger charge is 2.29. The van der Waals surface area contributed by atoms with Gasteiger partial charge in [0.2, 0.25) is 0 Å². The Hall–Kier alpha value is -2.43. The van der Waals surface area contributed by atoms with Crippen molar-refractivity contribution in [2.24, 2.45) is 0 Å². The minimum Gasteiger partial charge on any atom is -0.339 e. The van der Waals surface area contributed by atoms with E-state index in [4.69, 9.17) is 16.6 Å². The lowest BCUT2D eigenvalue weighted by molar-refractivity contribution is 0.0646. The van der Waals surface area contributed by atoms with Crippen molar-refractivity contribution < 1.29 is 4.79 Å². The van der Waals surface area contributed by atoms with Crippen LogP contribution in [0.15, 0.2) is 54.6 Å². The minimum absolute atomic E-state index is 0.115. The van der Waals surface area contributed by atoms with E-state index < -0.39 is 0 Å². The molecule has 0 unspecified atom stereocenters. The van der Waals surface area contributed by atoms with E-state index in [1.807, 2.05) is 59.5 Å². The van der Waals surface area contributed by atoms with E-state index in [9.17, 15) is 4.79 Å². The zero-order chi connectivity index (χ0) is 20.5. The molecule has 4 nitrogen and oxygen atoms in total. The summed E-state index contributed by atoms with van der Waals surface area (Å²) in [6.07, 6.45) is 4.77. The number of para-hydroxylation sites is 1. The smallest absolute Gasteiger partial charge is 0.254 e. The summed E-state index contributed by atoms with van der Waals surface area (Å²) in [6, 6.07) is 18.1. The van der Waals surface area contributed by atoms with Gasteiger partial charge in [0.1, 0.15) is 0 Å². The molecular weight excluding hydrogens is 394 g/mol. The molecule has 0 N–H and O–H groups in total. The number of nitrogens with zero attached hydrogens (tertiary/aromatic N) is 3. The molecule has 5 heteroatoms. The Morgan fingerprint density at radius 1 is 0.933 bits per heavy atom. The topological polar surface area (TPSA) is 36.4 Å². The van der Waals surface area contributed by atoms with Crippen LogP contribution in [0.25, 0.3) is 22.2 Å². The molecule has 0 radical (unpaired) electrons. The number of benzene rings is 2. The first-order valence-corrected chi connectivity index (χ1v) is 11.3. The fraction of sp³-hybridized carbons (Fsp3) is 0.360. The summed E-state index contributed by atoms with van der Waals surface area (Å²) >= 11 is 6.05. The molecule has 3 heterocycles. The van der Waals surface area contributed by atoms with Gasteiger partial charge in [0.15, 0.2) is 0 Å². The minimum atomic E-state index is 0.115. The molecule has 1 aromatic heterocycles. The van der Waals surface area contributed by atoms with Crippen molar-refractivity contribution in [2.75, 3.05) is 26.2 Å². The zero-order valence-corrected chi connectivity index (χ0v) is 17.8. The van der Waals surface area contributed by atoms with E-state index in [1.165, 1.54) is 25.9 Å². The van der Waals surface area contributed by atoms with Crippen molar-refractivity contribution in [1.82, 2.24) is 14.8 Å². The Bertz CT molecular complexity index is 1050. The van der Waals surface area contributed by atoms with Crippen LogP contribution in [0.4, 0.5) is 0 Å². The molecule has 0 spiro atoms. The van der Waals surface area contributed by atoms with E-state index >= 15 is 0 Å². The van der Waals surface area contributed by atoms with Gasteiger partial charge in [-0.05, 0) is 63.0 Å². The van der Waals surface area contributed by atoms with Gasteiger partial charge in [-0.15, -0.1) is 0 Å². The predicted molar refractivity (Wildman–Crippen MR) is 122 cm³/mol. The number of likely N-dealkylation sites (tertiary alicyclic amines) is 2. The maximum atomic E-state index is 13.5. The van der Waals surface area contributed by atoms with Gasteiger partial charge in [0.25, 0.3) is 5.91 Å². The first kappa shape index (κ1) is 19.5. The van der Waals surface area contributed by atoms with Gasteiger partial charge in [0.05, 0.1) is 16.8 Å². The van der Waals surface area contributed by atoms with E-state index in [2.05, 4.69) is 4.90 Å². The predicted octanol–water partition coefficient (Wildman–Crippen LogP) is 5.26. The number of hydrogen-bond donors (Lipinski definition) is 0. The average Bonchev–Trinajstić information content (AvgIpc) is 3.33. The summed E-state index contributed by atoms with van der Waals surface area (Å²) in [5.41, 5.74) is 3.36. The summed E-state index contributed by atoms with van der Waals surface area (Å²) in [7, 11) is 0. The van der Waals surface area contributed by atoms with Crippen LogP contribution in [0.5, 0.6) is 0 Å². The van der Waals surface area contributed by atoms with Crippen LogP contribution >= 0.6 is 11.6 Å². The Kier molecular flexibility index (Phi) is 5.45. The van der Waals surface area contributed by atoms with Crippen molar-refractivity contribution in [3.05, 3.63) is 65.2 Å². The maximum Gasteiger partial charge on any atom is 0.254 e. The van der Waals surface area contributed by atoms with Crippen molar-refractivity contribution in [3.63, 3.8) is 0 Å².